The van der Waals surface area contributed by atoms with Crippen molar-refractivity contribution in [2.45, 2.75) is 47.5 Å². The zero-order chi connectivity index (χ0) is 16.2. The van der Waals surface area contributed by atoms with E-state index in [1.165, 1.54) is 18.6 Å². The molecule has 0 fully saturated rings. The van der Waals surface area contributed by atoms with Gasteiger partial charge in [-0.15, -0.1) is 0 Å². The second kappa shape index (κ2) is 7.16. The lowest BCUT2D eigenvalue weighted by Gasteiger charge is -2.21. The lowest BCUT2D eigenvalue weighted by Crippen LogP contribution is -2.25. The highest BCUT2D eigenvalue weighted by Gasteiger charge is 2.31. The van der Waals surface area contributed by atoms with Gasteiger partial charge in [0, 0.05) is 18.1 Å². The molecule has 0 aromatic heterocycles. The van der Waals surface area contributed by atoms with Crippen molar-refractivity contribution in [2.75, 3.05) is 0 Å². The number of ether oxygens (including phenoxy) is 1. The van der Waals surface area contributed by atoms with Gasteiger partial charge in [0.25, 0.3) is 0 Å². The van der Waals surface area contributed by atoms with Crippen LogP contribution in [0.3, 0.4) is 0 Å². The number of hydrogen-bond donors (Lipinski definition) is 0. The number of Topliss-reactive ketones (excluding diaryl/α,β-unsaturated/α-hetero) is 1. The Morgan fingerprint density at radius 2 is 1.90 bits per heavy atom. The van der Waals surface area contributed by atoms with Crippen LogP contribution in [0.2, 0.25) is 0 Å². The summed E-state index contributed by atoms with van der Waals surface area (Å²) in [4.78, 5) is 35.5. The van der Waals surface area contributed by atoms with E-state index in [1.807, 2.05) is 20.8 Å². The summed E-state index contributed by atoms with van der Waals surface area (Å²) in [7, 11) is 0. The van der Waals surface area contributed by atoms with Crippen molar-refractivity contribution in [3.8, 4) is 0 Å². The van der Waals surface area contributed by atoms with E-state index in [1.54, 1.807) is 6.92 Å². The second-order valence-corrected chi connectivity index (χ2v) is 5.62. The molecule has 0 aromatic rings. The number of esters is 1. The average molecular weight is 290 g/mol. The zero-order valence-electron chi connectivity index (χ0n) is 13.3. The summed E-state index contributed by atoms with van der Waals surface area (Å²) >= 11 is 0. The highest BCUT2D eigenvalue weighted by molar-refractivity contribution is 6.22. The summed E-state index contributed by atoms with van der Waals surface area (Å²) in [5.41, 5.74) is 1.82. The van der Waals surface area contributed by atoms with Gasteiger partial charge in [-0.25, -0.2) is 0 Å². The first-order valence-electron chi connectivity index (χ1n) is 7.07. The summed E-state index contributed by atoms with van der Waals surface area (Å²) in [6, 6.07) is 0. The van der Waals surface area contributed by atoms with Crippen molar-refractivity contribution < 1.29 is 19.1 Å². The predicted octanol–water partition coefficient (Wildman–Crippen LogP) is 3.28. The minimum Gasteiger partial charge on any atom is -0.422 e. The van der Waals surface area contributed by atoms with Crippen molar-refractivity contribution in [2.24, 2.45) is 5.92 Å². The van der Waals surface area contributed by atoms with E-state index in [2.05, 4.69) is 6.08 Å². The average Bonchev–Trinajstić information content (AvgIpc) is 2.34. The summed E-state index contributed by atoms with van der Waals surface area (Å²) in [5, 5.41) is 0. The fourth-order valence-corrected chi connectivity index (χ4v) is 2.23. The van der Waals surface area contributed by atoms with Crippen LogP contribution in [0.15, 0.2) is 34.6 Å². The smallest absolute Gasteiger partial charge is 0.308 e. The molecule has 0 bridgehead atoms. The number of rotatable bonds is 5. The fraction of sp³-hybridized carbons (Fsp3) is 0.471. The van der Waals surface area contributed by atoms with Crippen molar-refractivity contribution in [1.82, 2.24) is 0 Å². The molecule has 1 aliphatic carbocycles. The SMILES string of the molecule is CC(=O)OC1=C([C@@H](C)CCC=C(C)C)C(=O)C=C(C)C1=O. The maximum atomic E-state index is 12.2. The van der Waals surface area contributed by atoms with Crippen LogP contribution >= 0.6 is 0 Å². The summed E-state index contributed by atoms with van der Waals surface area (Å²) in [6.07, 6.45) is 4.93. The van der Waals surface area contributed by atoms with Crippen molar-refractivity contribution in [1.29, 1.82) is 0 Å². The number of allylic oxidation sites excluding steroid dienone is 5. The molecular formula is C17H22O4. The van der Waals surface area contributed by atoms with Gasteiger partial charge in [0.1, 0.15) is 0 Å². The molecule has 4 nitrogen and oxygen atoms in total. The third-order valence-corrected chi connectivity index (χ3v) is 3.31. The Kier molecular flexibility index (Phi) is 5.82. The summed E-state index contributed by atoms with van der Waals surface area (Å²) in [5.74, 6) is -1.45. The molecule has 0 aromatic carbocycles. The van der Waals surface area contributed by atoms with E-state index in [4.69, 9.17) is 4.74 Å². The monoisotopic (exact) mass is 290 g/mol. The molecule has 21 heavy (non-hydrogen) atoms. The van der Waals surface area contributed by atoms with Crippen molar-refractivity contribution in [3.05, 3.63) is 34.6 Å². The van der Waals surface area contributed by atoms with Gasteiger partial charge in [0.15, 0.2) is 11.5 Å². The van der Waals surface area contributed by atoms with Gasteiger partial charge in [-0.1, -0.05) is 18.6 Å². The Morgan fingerprint density at radius 1 is 1.29 bits per heavy atom. The first-order chi connectivity index (χ1) is 9.73. The van der Waals surface area contributed by atoms with Crippen LogP contribution in [-0.2, 0) is 19.1 Å². The van der Waals surface area contributed by atoms with Crippen LogP contribution < -0.4 is 0 Å². The largest absolute Gasteiger partial charge is 0.422 e. The zero-order valence-corrected chi connectivity index (χ0v) is 13.3. The van der Waals surface area contributed by atoms with Crippen LogP contribution in [0.1, 0.15) is 47.5 Å². The van der Waals surface area contributed by atoms with E-state index < -0.39 is 5.97 Å². The van der Waals surface area contributed by atoms with Gasteiger partial charge in [-0.05, 0) is 45.6 Å². The Morgan fingerprint density at radius 3 is 2.43 bits per heavy atom. The van der Waals surface area contributed by atoms with Crippen molar-refractivity contribution in [3.63, 3.8) is 0 Å². The van der Waals surface area contributed by atoms with Gasteiger partial charge >= 0.3 is 5.97 Å². The van der Waals surface area contributed by atoms with Crippen LogP contribution in [-0.4, -0.2) is 17.5 Å². The highest BCUT2D eigenvalue weighted by Crippen LogP contribution is 2.28. The maximum Gasteiger partial charge on any atom is 0.308 e. The lowest BCUT2D eigenvalue weighted by molar-refractivity contribution is -0.140. The third-order valence-electron chi connectivity index (χ3n) is 3.31. The molecular weight excluding hydrogens is 268 g/mol. The molecule has 4 heteroatoms. The second-order valence-electron chi connectivity index (χ2n) is 5.62. The van der Waals surface area contributed by atoms with Crippen molar-refractivity contribution >= 4 is 17.5 Å². The molecule has 0 aliphatic heterocycles. The molecule has 1 rings (SSSR count). The molecule has 0 saturated carbocycles. The molecule has 0 spiro atoms. The van der Waals surface area contributed by atoms with E-state index in [-0.39, 0.29) is 23.2 Å². The van der Waals surface area contributed by atoms with Crippen LogP contribution in [0.25, 0.3) is 0 Å². The quantitative estimate of drug-likeness (QED) is 0.443. The van der Waals surface area contributed by atoms with E-state index in [9.17, 15) is 14.4 Å². The minimum atomic E-state index is -0.588. The van der Waals surface area contributed by atoms with Gasteiger partial charge in [0.05, 0.1) is 0 Å². The first kappa shape index (κ1) is 17.1. The van der Waals surface area contributed by atoms with Gasteiger partial charge in [-0.2, -0.15) is 0 Å². The molecule has 0 unspecified atom stereocenters. The normalized spacial score (nSPS) is 16.5. The minimum absolute atomic E-state index is 0.0998. The molecule has 1 aliphatic rings. The topological polar surface area (TPSA) is 60.4 Å². The Bertz CT molecular complexity index is 557. The molecule has 0 radical (unpaired) electrons. The van der Waals surface area contributed by atoms with Gasteiger partial charge < -0.3 is 4.74 Å². The van der Waals surface area contributed by atoms with Crippen LogP contribution in [0, 0.1) is 5.92 Å². The van der Waals surface area contributed by atoms with E-state index >= 15 is 0 Å². The summed E-state index contributed by atoms with van der Waals surface area (Å²) in [6.45, 7) is 8.67. The Balaban J connectivity index is 3.08. The Labute approximate surface area is 125 Å². The Hall–Kier alpha value is -1.97. The highest BCUT2D eigenvalue weighted by atomic mass is 16.5. The third kappa shape index (κ3) is 4.52. The van der Waals surface area contributed by atoms with Crippen LogP contribution in [0.4, 0.5) is 0 Å². The predicted molar refractivity (Wildman–Crippen MR) is 80.4 cm³/mol. The van der Waals surface area contributed by atoms with Gasteiger partial charge in [-0.3, -0.25) is 14.4 Å². The number of ketones is 2. The number of carbonyl (C=O) groups is 3. The molecule has 114 valence electrons. The molecule has 0 heterocycles. The first-order valence-corrected chi connectivity index (χ1v) is 7.07. The fourth-order valence-electron chi connectivity index (χ4n) is 2.23. The van der Waals surface area contributed by atoms with Gasteiger partial charge in [0.2, 0.25) is 5.78 Å². The molecule has 0 amide bonds. The lowest BCUT2D eigenvalue weighted by atomic mass is 9.85. The summed E-state index contributed by atoms with van der Waals surface area (Å²) < 4.78 is 5.02. The molecule has 1 atom stereocenters. The number of hydrogen-bond acceptors (Lipinski definition) is 4. The number of carbonyl (C=O) groups excluding carboxylic acids is 3. The van der Waals surface area contributed by atoms with E-state index in [0.717, 1.165) is 12.8 Å². The molecule has 0 N–H and O–H groups in total. The standard InChI is InChI=1S/C17H22O4/c1-10(2)7-6-8-11(3)15-14(19)9-12(4)16(20)17(15)21-13(5)18/h7,9,11H,6,8H2,1-5H3/t11-/m0/s1. The van der Waals surface area contributed by atoms with Crippen LogP contribution in [0.5, 0.6) is 0 Å². The van der Waals surface area contributed by atoms with E-state index in [0.29, 0.717) is 11.1 Å². The maximum absolute atomic E-state index is 12.2. The molecule has 0 saturated heterocycles.